The molecule has 0 bridgehead atoms. The van der Waals surface area contributed by atoms with Crippen molar-refractivity contribution in [2.24, 2.45) is 5.92 Å². The summed E-state index contributed by atoms with van der Waals surface area (Å²) in [5.41, 5.74) is -0.175. The maximum atomic E-state index is 12.5. The molecule has 1 aliphatic carbocycles. The van der Waals surface area contributed by atoms with Crippen molar-refractivity contribution in [1.82, 2.24) is 5.32 Å². The third kappa shape index (κ3) is 2.07. The van der Waals surface area contributed by atoms with Crippen molar-refractivity contribution < 1.29 is 14.3 Å². The Balaban J connectivity index is 1.98. The summed E-state index contributed by atoms with van der Waals surface area (Å²) in [6.45, 7) is 2.06. The zero-order valence-corrected chi connectivity index (χ0v) is 13.0. The summed E-state index contributed by atoms with van der Waals surface area (Å²) in [6, 6.07) is 0. The maximum absolute atomic E-state index is 12.5. The van der Waals surface area contributed by atoms with Crippen LogP contribution in [-0.4, -0.2) is 23.4 Å². The van der Waals surface area contributed by atoms with Crippen molar-refractivity contribution in [1.29, 1.82) is 0 Å². The first-order valence-electron chi connectivity index (χ1n) is 7.13. The largest absolute Gasteiger partial charge is 0.360 e. The van der Waals surface area contributed by atoms with Gasteiger partial charge in [0.2, 0.25) is 0 Å². The van der Waals surface area contributed by atoms with Crippen molar-refractivity contribution in [2.75, 3.05) is 0 Å². The van der Waals surface area contributed by atoms with Crippen LogP contribution >= 0.6 is 15.9 Å². The predicted octanol–water partition coefficient (Wildman–Crippen LogP) is 2.59. The lowest BCUT2D eigenvalue weighted by molar-refractivity contribution is -0.172. The van der Waals surface area contributed by atoms with Gasteiger partial charge in [-0.05, 0) is 12.8 Å². The molecular weight excluding hydrogens is 322 g/mol. The van der Waals surface area contributed by atoms with Gasteiger partial charge in [-0.1, -0.05) is 41.4 Å². The van der Waals surface area contributed by atoms with Gasteiger partial charge in [0.1, 0.15) is 5.78 Å². The van der Waals surface area contributed by atoms with Gasteiger partial charge in [-0.15, -0.1) is 0 Å². The minimum absolute atomic E-state index is 0.122. The summed E-state index contributed by atoms with van der Waals surface area (Å²) in [4.78, 5) is 24.6. The highest BCUT2D eigenvalue weighted by Crippen LogP contribution is 2.48. The topological polar surface area (TPSA) is 55.4 Å². The fourth-order valence-electron chi connectivity index (χ4n) is 3.43. The van der Waals surface area contributed by atoms with Crippen molar-refractivity contribution >= 4 is 27.6 Å². The van der Waals surface area contributed by atoms with Gasteiger partial charge in [0, 0.05) is 23.0 Å². The summed E-state index contributed by atoms with van der Waals surface area (Å²) >= 11 is 3.55. The smallest absolute Gasteiger partial charge is 0.257 e. The molecule has 3 rings (SSSR count). The molecule has 1 unspecified atom stereocenters. The number of nitrogens with one attached hydrogen (secondary N) is 1. The van der Waals surface area contributed by atoms with Crippen molar-refractivity contribution in [3.63, 3.8) is 0 Å². The van der Waals surface area contributed by atoms with Crippen molar-refractivity contribution in [2.45, 2.75) is 50.7 Å². The van der Waals surface area contributed by atoms with E-state index in [4.69, 9.17) is 4.74 Å². The number of Topliss-reactive ketones (excluding diaryl/α,β-unsaturated/α-hetero) is 1. The van der Waals surface area contributed by atoms with Gasteiger partial charge in [-0.2, -0.15) is 0 Å². The number of hydrogen-bond acceptors (Lipinski definition) is 3. The number of amides is 1. The van der Waals surface area contributed by atoms with E-state index in [0.717, 1.165) is 29.4 Å². The molecule has 20 heavy (non-hydrogen) atoms. The van der Waals surface area contributed by atoms with Crippen molar-refractivity contribution in [3.05, 3.63) is 22.3 Å². The summed E-state index contributed by atoms with van der Waals surface area (Å²) in [5.74, 6) is -0.237. The zero-order valence-electron chi connectivity index (χ0n) is 11.4. The van der Waals surface area contributed by atoms with Crippen LogP contribution in [0.1, 0.15) is 39.0 Å². The van der Waals surface area contributed by atoms with Crippen LogP contribution in [0.15, 0.2) is 22.3 Å². The maximum Gasteiger partial charge on any atom is 0.257 e. The molecule has 4 nitrogen and oxygen atoms in total. The molecule has 0 radical (unpaired) electrons. The van der Waals surface area contributed by atoms with Crippen LogP contribution in [0.2, 0.25) is 0 Å². The quantitative estimate of drug-likeness (QED) is 0.841. The second kappa shape index (κ2) is 5.11. The standard InChI is InChI=1S/C15H18BrNO3/c1-2-4-10-7-9(18)8-15(20-10)13-11(16)5-3-6-12(13)17-14(15)19/h5-6,10,13H,2-4,7-8H2,1H3,(H,17,19)/t10-,13?,15+/m1/s1. The number of fused-ring (bicyclic) bond motifs is 2. The van der Waals surface area contributed by atoms with Crippen LogP contribution in [0.25, 0.3) is 0 Å². The normalized spacial score (nSPS) is 36.5. The van der Waals surface area contributed by atoms with Gasteiger partial charge in [0.05, 0.1) is 12.0 Å². The molecule has 2 fully saturated rings. The average molecular weight is 340 g/mol. The van der Waals surface area contributed by atoms with E-state index >= 15 is 0 Å². The Bertz CT molecular complexity index is 525. The summed E-state index contributed by atoms with van der Waals surface area (Å²) in [5, 5.41) is 2.90. The molecule has 2 aliphatic heterocycles. The number of carbonyl (C=O) groups is 2. The van der Waals surface area contributed by atoms with Crippen LogP contribution in [0.3, 0.4) is 0 Å². The first kappa shape index (κ1) is 14.0. The van der Waals surface area contributed by atoms with E-state index in [1.807, 2.05) is 12.2 Å². The van der Waals surface area contributed by atoms with E-state index in [1.54, 1.807) is 0 Å². The van der Waals surface area contributed by atoms with Crippen LogP contribution in [0.4, 0.5) is 0 Å². The Hall–Kier alpha value is -0.940. The van der Waals surface area contributed by atoms with E-state index < -0.39 is 5.60 Å². The monoisotopic (exact) mass is 339 g/mol. The Morgan fingerprint density at radius 1 is 1.45 bits per heavy atom. The molecule has 0 aromatic heterocycles. The number of allylic oxidation sites excluding steroid dienone is 2. The van der Waals surface area contributed by atoms with Crippen LogP contribution in [0.5, 0.6) is 0 Å². The second-order valence-electron chi connectivity index (χ2n) is 5.71. The highest BCUT2D eigenvalue weighted by Gasteiger charge is 2.59. The first-order valence-corrected chi connectivity index (χ1v) is 7.92. The lowest BCUT2D eigenvalue weighted by Crippen LogP contribution is -2.53. The minimum Gasteiger partial charge on any atom is -0.360 e. The number of ketones is 1. The SMILES string of the molecule is CCC[C@@H]1CC(=O)C[C@@]2(O1)C(=O)NC1=CCC=C(Br)C12. The third-order valence-electron chi connectivity index (χ3n) is 4.25. The number of rotatable bonds is 2. The fourth-order valence-corrected chi connectivity index (χ4v) is 4.24. The minimum atomic E-state index is -1.04. The van der Waals surface area contributed by atoms with Crippen LogP contribution in [-0.2, 0) is 14.3 Å². The molecular formula is C15H18BrNO3. The molecule has 1 spiro atoms. The van der Waals surface area contributed by atoms with Gasteiger partial charge in [-0.3, -0.25) is 9.59 Å². The van der Waals surface area contributed by atoms with E-state index in [2.05, 4.69) is 28.2 Å². The van der Waals surface area contributed by atoms with Gasteiger partial charge in [0.25, 0.3) is 5.91 Å². The number of ether oxygens (including phenoxy) is 1. The average Bonchev–Trinajstić information content (AvgIpc) is 2.63. The van der Waals surface area contributed by atoms with E-state index in [9.17, 15) is 9.59 Å². The molecule has 2 heterocycles. The molecule has 1 amide bonds. The molecule has 0 aromatic rings. The molecule has 2 saturated heterocycles. The van der Waals surface area contributed by atoms with Crippen molar-refractivity contribution in [3.8, 4) is 0 Å². The fraction of sp³-hybridized carbons (Fsp3) is 0.600. The molecule has 0 aromatic carbocycles. The molecule has 0 saturated carbocycles. The molecule has 108 valence electrons. The molecule has 3 aliphatic rings. The van der Waals surface area contributed by atoms with Gasteiger partial charge in [0.15, 0.2) is 5.60 Å². The lowest BCUT2D eigenvalue weighted by atomic mass is 9.78. The molecule has 3 atom stereocenters. The Kier molecular flexibility index (Phi) is 3.58. The lowest BCUT2D eigenvalue weighted by Gasteiger charge is -2.40. The number of carbonyl (C=O) groups excluding carboxylic acids is 2. The summed E-state index contributed by atoms with van der Waals surface area (Å²) < 4.78 is 7.10. The van der Waals surface area contributed by atoms with E-state index in [0.29, 0.717) is 6.42 Å². The Labute approximate surface area is 126 Å². The van der Waals surface area contributed by atoms with Gasteiger partial charge >= 0.3 is 0 Å². The Morgan fingerprint density at radius 3 is 3.00 bits per heavy atom. The third-order valence-corrected chi connectivity index (χ3v) is 5.03. The summed E-state index contributed by atoms with van der Waals surface area (Å²) in [6.07, 6.45) is 7.03. The van der Waals surface area contributed by atoms with Gasteiger partial charge in [-0.25, -0.2) is 0 Å². The van der Waals surface area contributed by atoms with E-state index in [1.165, 1.54) is 0 Å². The number of halogens is 1. The first-order chi connectivity index (χ1) is 9.56. The summed E-state index contributed by atoms with van der Waals surface area (Å²) in [7, 11) is 0. The molecule has 1 N–H and O–H groups in total. The van der Waals surface area contributed by atoms with E-state index in [-0.39, 0.29) is 30.1 Å². The highest BCUT2D eigenvalue weighted by atomic mass is 79.9. The Morgan fingerprint density at radius 2 is 2.25 bits per heavy atom. The van der Waals surface area contributed by atoms with Crippen LogP contribution in [0, 0.1) is 5.92 Å². The predicted molar refractivity (Wildman–Crippen MR) is 78.1 cm³/mol. The van der Waals surface area contributed by atoms with Gasteiger partial charge < -0.3 is 10.1 Å². The highest BCUT2D eigenvalue weighted by molar-refractivity contribution is 9.11. The van der Waals surface area contributed by atoms with Crippen LogP contribution < -0.4 is 5.32 Å². The molecule has 5 heteroatoms. The zero-order chi connectivity index (χ0) is 14.3. The second-order valence-corrected chi connectivity index (χ2v) is 6.62. The number of hydrogen-bond donors (Lipinski definition) is 1.